The van der Waals surface area contributed by atoms with Gasteiger partial charge in [-0.25, -0.2) is 0 Å². The van der Waals surface area contributed by atoms with E-state index < -0.39 is 0 Å². The van der Waals surface area contributed by atoms with E-state index in [0.29, 0.717) is 5.02 Å². The van der Waals surface area contributed by atoms with Gasteiger partial charge in [-0.15, -0.1) is 0 Å². The lowest BCUT2D eigenvalue weighted by Gasteiger charge is -2.21. The summed E-state index contributed by atoms with van der Waals surface area (Å²) in [6.45, 7) is 5.86. The third-order valence-corrected chi connectivity index (χ3v) is 3.93. The number of halogens is 1. The number of amides is 1. The molecule has 0 saturated heterocycles. The summed E-state index contributed by atoms with van der Waals surface area (Å²) in [5, 5.41) is 6.88. The van der Waals surface area contributed by atoms with Gasteiger partial charge in [-0.3, -0.25) is 10.1 Å². The Morgan fingerprint density at radius 3 is 2.32 bits per heavy atom. The molecule has 0 aliphatic rings. The molecule has 2 atom stereocenters. The van der Waals surface area contributed by atoms with Crippen LogP contribution >= 0.6 is 11.6 Å². The molecule has 0 aliphatic carbocycles. The van der Waals surface area contributed by atoms with Gasteiger partial charge in [0.05, 0.1) is 6.04 Å². The first kappa shape index (κ1) is 16.5. The van der Waals surface area contributed by atoms with E-state index >= 15 is 0 Å². The zero-order valence-electron chi connectivity index (χ0n) is 13.1. The minimum absolute atomic E-state index is 0.00697. The Morgan fingerprint density at radius 1 is 1.05 bits per heavy atom. The van der Waals surface area contributed by atoms with Crippen LogP contribution in [0, 0.1) is 6.92 Å². The first-order valence-corrected chi connectivity index (χ1v) is 7.73. The Labute approximate surface area is 136 Å². The number of nitrogens with one attached hydrogen (secondary N) is 2. The van der Waals surface area contributed by atoms with Crippen molar-refractivity contribution in [2.75, 3.05) is 5.32 Å². The van der Waals surface area contributed by atoms with Crippen molar-refractivity contribution in [2.24, 2.45) is 0 Å². The van der Waals surface area contributed by atoms with E-state index in [4.69, 9.17) is 11.6 Å². The number of carbonyl (C=O) groups is 1. The molecule has 1 amide bonds. The molecule has 0 radical (unpaired) electrons. The number of carbonyl (C=O) groups excluding carboxylic acids is 1. The largest absolute Gasteiger partial charge is 0.325 e. The fourth-order valence-electron chi connectivity index (χ4n) is 2.25. The Kier molecular flexibility index (Phi) is 5.58. The van der Waals surface area contributed by atoms with Crippen LogP contribution in [0.1, 0.15) is 31.0 Å². The van der Waals surface area contributed by atoms with Gasteiger partial charge < -0.3 is 5.32 Å². The van der Waals surface area contributed by atoms with E-state index in [1.165, 1.54) is 0 Å². The van der Waals surface area contributed by atoms with Gasteiger partial charge in [0.25, 0.3) is 0 Å². The Hall–Kier alpha value is -1.84. The molecule has 3 nitrogen and oxygen atoms in total. The standard InChI is InChI=1S/C18H21ClN2O/c1-12-8-10-15(11-9-12)21-18(22)14(3)20-13(2)16-6-4-5-7-17(16)19/h4-11,13-14,20H,1-3H3,(H,21,22). The molecule has 2 aromatic rings. The summed E-state index contributed by atoms with van der Waals surface area (Å²) in [5.41, 5.74) is 2.95. The van der Waals surface area contributed by atoms with Crippen LogP contribution in [0.2, 0.25) is 5.02 Å². The number of benzene rings is 2. The highest BCUT2D eigenvalue weighted by Gasteiger charge is 2.17. The molecular weight excluding hydrogens is 296 g/mol. The van der Waals surface area contributed by atoms with E-state index in [2.05, 4.69) is 10.6 Å². The van der Waals surface area contributed by atoms with Crippen molar-refractivity contribution < 1.29 is 4.79 Å². The van der Waals surface area contributed by atoms with Crippen LogP contribution in [0.3, 0.4) is 0 Å². The second-order valence-corrected chi connectivity index (χ2v) is 5.89. The number of anilines is 1. The zero-order chi connectivity index (χ0) is 16.1. The van der Waals surface area contributed by atoms with E-state index in [9.17, 15) is 4.79 Å². The molecule has 4 heteroatoms. The van der Waals surface area contributed by atoms with Gasteiger partial charge in [0.15, 0.2) is 0 Å². The third-order valence-electron chi connectivity index (χ3n) is 3.58. The fourth-order valence-corrected chi connectivity index (χ4v) is 2.55. The summed E-state index contributed by atoms with van der Waals surface area (Å²) in [6, 6.07) is 15.1. The van der Waals surface area contributed by atoms with E-state index in [0.717, 1.165) is 16.8 Å². The summed E-state index contributed by atoms with van der Waals surface area (Å²) in [4.78, 5) is 12.2. The van der Waals surface area contributed by atoms with Crippen LogP contribution in [0.15, 0.2) is 48.5 Å². The second-order valence-electron chi connectivity index (χ2n) is 5.49. The van der Waals surface area contributed by atoms with Crippen molar-refractivity contribution in [2.45, 2.75) is 32.9 Å². The van der Waals surface area contributed by atoms with Gasteiger partial charge in [0.2, 0.25) is 5.91 Å². The second kappa shape index (κ2) is 7.43. The monoisotopic (exact) mass is 316 g/mol. The third kappa shape index (κ3) is 4.33. The minimum atomic E-state index is -0.326. The smallest absolute Gasteiger partial charge is 0.241 e. The number of hydrogen-bond acceptors (Lipinski definition) is 2. The molecule has 22 heavy (non-hydrogen) atoms. The fraction of sp³-hybridized carbons (Fsp3) is 0.278. The van der Waals surface area contributed by atoms with Gasteiger partial charge in [-0.05, 0) is 44.5 Å². The topological polar surface area (TPSA) is 41.1 Å². The first-order valence-electron chi connectivity index (χ1n) is 7.35. The minimum Gasteiger partial charge on any atom is -0.325 e. The molecule has 0 bridgehead atoms. The Morgan fingerprint density at radius 2 is 1.68 bits per heavy atom. The van der Waals surface area contributed by atoms with Gasteiger partial charge in [-0.2, -0.15) is 0 Å². The van der Waals surface area contributed by atoms with Crippen molar-refractivity contribution in [1.29, 1.82) is 0 Å². The van der Waals surface area contributed by atoms with Crippen LogP contribution in [0.5, 0.6) is 0 Å². The molecule has 2 N–H and O–H groups in total. The zero-order valence-corrected chi connectivity index (χ0v) is 13.8. The average molecular weight is 317 g/mol. The molecule has 0 fully saturated rings. The van der Waals surface area contributed by atoms with Gasteiger partial charge in [-0.1, -0.05) is 47.5 Å². The Bertz CT molecular complexity index is 640. The lowest BCUT2D eigenvalue weighted by molar-refractivity contribution is -0.117. The van der Waals surface area contributed by atoms with Crippen molar-refractivity contribution in [3.8, 4) is 0 Å². The van der Waals surface area contributed by atoms with E-state index in [1.807, 2.05) is 69.3 Å². The molecule has 2 unspecified atom stereocenters. The summed E-state index contributed by atoms with van der Waals surface area (Å²) < 4.78 is 0. The summed E-state index contributed by atoms with van der Waals surface area (Å²) in [6.07, 6.45) is 0. The average Bonchev–Trinajstić information content (AvgIpc) is 2.49. The predicted octanol–water partition coefficient (Wildman–Crippen LogP) is 4.33. The maximum Gasteiger partial charge on any atom is 0.241 e. The molecule has 0 aromatic heterocycles. The molecule has 0 heterocycles. The number of aryl methyl sites for hydroxylation is 1. The molecule has 0 aliphatic heterocycles. The SMILES string of the molecule is Cc1ccc(NC(=O)C(C)NC(C)c2ccccc2Cl)cc1. The number of hydrogen-bond donors (Lipinski definition) is 2. The Balaban J connectivity index is 1.96. The number of rotatable bonds is 5. The van der Waals surface area contributed by atoms with Crippen LogP contribution < -0.4 is 10.6 Å². The lowest BCUT2D eigenvalue weighted by Crippen LogP contribution is -2.39. The summed E-state index contributed by atoms with van der Waals surface area (Å²) in [5.74, 6) is -0.0669. The summed E-state index contributed by atoms with van der Waals surface area (Å²) >= 11 is 6.19. The van der Waals surface area contributed by atoms with Gasteiger partial charge >= 0.3 is 0 Å². The van der Waals surface area contributed by atoms with Crippen LogP contribution in [-0.4, -0.2) is 11.9 Å². The molecule has 0 saturated carbocycles. The highest BCUT2D eigenvalue weighted by molar-refractivity contribution is 6.31. The normalized spacial score (nSPS) is 13.5. The molecule has 2 rings (SSSR count). The van der Waals surface area contributed by atoms with Crippen molar-refractivity contribution in [3.63, 3.8) is 0 Å². The van der Waals surface area contributed by atoms with E-state index in [1.54, 1.807) is 0 Å². The van der Waals surface area contributed by atoms with Crippen molar-refractivity contribution in [3.05, 3.63) is 64.7 Å². The van der Waals surface area contributed by atoms with E-state index in [-0.39, 0.29) is 18.0 Å². The summed E-state index contributed by atoms with van der Waals surface area (Å²) in [7, 11) is 0. The van der Waals surface area contributed by atoms with Gasteiger partial charge in [0.1, 0.15) is 0 Å². The quantitative estimate of drug-likeness (QED) is 0.862. The molecular formula is C18H21ClN2O. The van der Waals surface area contributed by atoms with Crippen molar-refractivity contribution >= 4 is 23.2 Å². The highest BCUT2D eigenvalue weighted by Crippen LogP contribution is 2.22. The molecule has 116 valence electrons. The highest BCUT2D eigenvalue weighted by atomic mass is 35.5. The first-order chi connectivity index (χ1) is 10.5. The van der Waals surface area contributed by atoms with Crippen molar-refractivity contribution in [1.82, 2.24) is 5.32 Å². The maximum atomic E-state index is 12.2. The van der Waals surface area contributed by atoms with Crippen LogP contribution in [0.4, 0.5) is 5.69 Å². The lowest BCUT2D eigenvalue weighted by atomic mass is 10.1. The maximum absolute atomic E-state index is 12.2. The molecule has 2 aromatic carbocycles. The van der Waals surface area contributed by atoms with Crippen LogP contribution in [-0.2, 0) is 4.79 Å². The van der Waals surface area contributed by atoms with Crippen LogP contribution in [0.25, 0.3) is 0 Å². The predicted molar refractivity (Wildman–Crippen MR) is 92.3 cm³/mol. The van der Waals surface area contributed by atoms with Gasteiger partial charge in [0, 0.05) is 16.8 Å². The molecule has 0 spiro atoms.